The van der Waals surface area contributed by atoms with Crippen molar-refractivity contribution in [3.63, 3.8) is 0 Å². The van der Waals surface area contributed by atoms with Crippen molar-refractivity contribution in [1.82, 2.24) is 0 Å². The molecule has 26 heavy (non-hydrogen) atoms. The van der Waals surface area contributed by atoms with Crippen molar-refractivity contribution in [2.75, 3.05) is 6.61 Å². The molecule has 142 valence electrons. The van der Waals surface area contributed by atoms with Gasteiger partial charge in [-0.15, -0.1) is 0 Å². The Kier molecular flexibility index (Phi) is 5.31. The Morgan fingerprint density at radius 3 is 2.58 bits per heavy atom. The third-order valence-electron chi connectivity index (χ3n) is 5.01. The highest BCUT2D eigenvalue weighted by atomic mass is 28.4. The first-order chi connectivity index (χ1) is 12.2. The molecule has 1 heterocycles. The molecular weight excluding hydrogens is 344 g/mol. The number of esters is 1. The summed E-state index contributed by atoms with van der Waals surface area (Å²) in [7, 11) is -1.81. The summed E-state index contributed by atoms with van der Waals surface area (Å²) in [6.45, 7) is 10.8. The Hall–Kier alpha value is -1.59. The van der Waals surface area contributed by atoms with Gasteiger partial charge >= 0.3 is 5.97 Å². The monoisotopic (exact) mass is 374 g/mol. The fraction of sp³-hybridized carbons (Fsp3) is 0.571. The van der Waals surface area contributed by atoms with Crippen LogP contribution in [0.25, 0.3) is 5.76 Å². The first kappa shape index (κ1) is 19.2. The van der Waals surface area contributed by atoms with Crippen LogP contribution in [-0.4, -0.2) is 26.7 Å². The fourth-order valence-electron chi connectivity index (χ4n) is 3.99. The fourth-order valence-corrected chi connectivity index (χ4v) is 5.34. The van der Waals surface area contributed by atoms with Crippen molar-refractivity contribution < 1.29 is 18.7 Å². The number of carbonyl (C=O) groups excluding carboxylic acids is 1. The van der Waals surface area contributed by atoms with Crippen LogP contribution in [0.5, 0.6) is 0 Å². The Labute approximate surface area is 157 Å². The molecule has 2 aliphatic rings. The molecule has 0 bridgehead atoms. The highest BCUT2D eigenvalue weighted by Gasteiger charge is 2.53. The minimum absolute atomic E-state index is 0.211. The Morgan fingerprint density at radius 1 is 1.27 bits per heavy atom. The highest BCUT2D eigenvalue weighted by Crippen LogP contribution is 2.51. The predicted octanol–water partition coefficient (Wildman–Crippen LogP) is 5.04. The maximum atomic E-state index is 12.6. The van der Waals surface area contributed by atoms with E-state index >= 15 is 0 Å². The molecule has 0 spiro atoms. The van der Waals surface area contributed by atoms with E-state index in [2.05, 4.69) is 26.6 Å². The number of ether oxygens (including phenoxy) is 2. The Balaban J connectivity index is 2.05. The van der Waals surface area contributed by atoms with Crippen LogP contribution in [0, 0.1) is 12.8 Å². The number of carbonyl (C=O) groups is 1. The smallest absolute Gasteiger partial charge is 0.337 e. The second kappa shape index (κ2) is 7.20. The quantitative estimate of drug-likeness (QED) is 0.535. The first-order valence-electron chi connectivity index (χ1n) is 9.60. The number of aryl methyl sites for hydroxylation is 1. The lowest BCUT2D eigenvalue weighted by Gasteiger charge is -2.44. The van der Waals surface area contributed by atoms with Gasteiger partial charge in [-0.3, -0.25) is 0 Å². The Bertz CT molecular complexity index is 702. The van der Waals surface area contributed by atoms with Crippen LogP contribution in [0.3, 0.4) is 0 Å². The molecule has 4 nitrogen and oxygen atoms in total. The minimum Gasteiger partial charge on any atom is -0.463 e. The van der Waals surface area contributed by atoms with Gasteiger partial charge in [0.15, 0.2) is 8.32 Å². The van der Waals surface area contributed by atoms with Crippen LogP contribution >= 0.6 is 0 Å². The van der Waals surface area contributed by atoms with Gasteiger partial charge in [-0.2, -0.15) is 0 Å². The summed E-state index contributed by atoms with van der Waals surface area (Å²) >= 11 is 0. The number of benzene rings is 1. The lowest BCUT2D eigenvalue weighted by molar-refractivity contribution is -0.175. The van der Waals surface area contributed by atoms with Crippen LogP contribution in [0.2, 0.25) is 19.6 Å². The molecule has 2 atom stereocenters. The van der Waals surface area contributed by atoms with E-state index in [-0.39, 0.29) is 11.9 Å². The van der Waals surface area contributed by atoms with E-state index in [1.807, 2.05) is 31.2 Å². The van der Waals surface area contributed by atoms with Crippen molar-refractivity contribution >= 4 is 20.0 Å². The molecule has 2 unspecified atom stereocenters. The van der Waals surface area contributed by atoms with Crippen molar-refractivity contribution in [3.05, 3.63) is 41.0 Å². The Morgan fingerprint density at radius 2 is 1.96 bits per heavy atom. The minimum atomic E-state index is -1.81. The van der Waals surface area contributed by atoms with Crippen LogP contribution in [0.1, 0.15) is 43.7 Å². The van der Waals surface area contributed by atoms with Crippen molar-refractivity contribution in [3.8, 4) is 0 Å². The average Bonchev–Trinajstić information content (AvgIpc) is 2.94. The maximum Gasteiger partial charge on any atom is 0.337 e. The van der Waals surface area contributed by atoms with E-state index in [9.17, 15) is 4.79 Å². The zero-order valence-electron chi connectivity index (χ0n) is 16.6. The van der Waals surface area contributed by atoms with Crippen LogP contribution < -0.4 is 0 Å². The molecule has 1 aromatic carbocycles. The second-order valence-corrected chi connectivity index (χ2v) is 12.7. The first-order valence-corrected chi connectivity index (χ1v) is 13.0. The number of hydrogen-bond donors (Lipinski definition) is 0. The van der Waals surface area contributed by atoms with Gasteiger partial charge in [0.2, 0.25) is 5.79 Å². The summed E-state index contributed by atoms with van der Waals surface area (Å²) in [6, 6.07) is 8.12. The molecular formula is C21H30O4Si. The summed E-state index contributed by atoms with van der Waals surface area (Å²) in [6.07, 6.45) is 3.63. The predicted molar refractivity (Wildman–Crippen MR) is 105 cm³/mol. The normalized spacial score (nSPS) is 25.7. The lowest BCUT2D eigenvalue weighted by Crippen LogP contribution is -2.49. The standard InChI is InChI=1S/C21H30O4Si/c1-6-23-20(22)18-14-17-8-7-13-21(17,25-26(3,4)5)24-19(18)16-11-9-15(2)10-12-16/h9-12,17H,6-8,13-14H2,1-5H3. The van der Waals surface area contributed by atoms with Gasteiger partial charge in [-0.25, -0.2) is 4.79 Å². The average molecular weight is 375 g/mol. The molecule has 0 N–H and O–H groups in total. The molecule has 0 saturated heterocycles. The van der Waals surface area contributed by atoms with E-state index in [1.165, 1.54) is 5.56 Å². The summed E-state index contributed by atoms with van der Waals surface area (Å²) in [5.41, 5.74) is 2.75. The van der Waals surface area contributed by atoms with E-state index in [1.54, 1.807) is 0 Å². The van der Waals surface area contributed by atoms with Gasteiger partial charge < -0.3 is 13.9 Å². The van der Waals surface area contributed by atoms with Crippen molar-refractivity contribution in [2.45, 2.75) is 65.0 Å². The summed E-state index contributed by atoms with van der Waals surface area (Å²) < 4.78 is 18.5. The van der Waals surface area contributed by atoms with Gasteiger partial charge in [0, 0.05) is 17.9 Å². The third kappa shape index (κ3) is 3.89. The third-order valence-corrected chi connectivity index (χ3v) is 5.97. The molecule has 0 aromatic heterocycles. The number of hydrogen-bond acceptors (Lipinski definition) is 4. The summed E-state index contributed by atoms with van der Waals surface area (Å²) in [5, 5.41) is 0. The van der Waals surface area contributed by atoms with Gasteiger partial charge in [-0.1, -0.05) is 29.8 Å². The molecule has 1 fully saturated rings. The zero-order valence-corrected chi connectivity index (χ0v) is 17.6. The number of rotatable bonds is 5. The van der Waals surface area contributed by atoms with Crippen molar-refractivity contribution in [2.24, 2.45) is 5.92 Å². The SMILES string of the molecule is CCOC(=O)C1=C(c2ccc(C)cc2)OC2(O[Si](C)(C)C)CCCC2C1. The molecule has 0 amide bonds. The van der Waals surface area contributed by atoms with Crippen LogP contribution in [0.15, 0.2) is 29.8 Å². The van der Waals surface area contributed by atoms with Crippen LogP contribution in [-0.2, 0) is 18.7 Å². The van der Waals surface area contributed by atoms with Gasteiger partial charge in [0.1, 0.15) is 5.76 Å². The summed E-state index contributed by atoms with van der Waals surface area (Å²) in [5.74, 6) is -0.0139. The molecule has 1 saturated carbocycles. The van der Waals surface area contributed by atoms with Crippen molar-refractivity contribution in [1.29, 1.82) is 0 Å². The molecule has 3 rings (SSSR count). The van der Waals surface area contributed by atoms with E-state index in [0.717, 1.165) is 24.8 Å². The maximum absolute atomic E-state index is 12.6. The highest BCUT2D eigenvalue weighted by molar-refractivity contribution is 6.69. The molecule has 1 aromatic rings. The van der Waals surface area contributed by atoms with Gasteiger partial charge in [-0.05, 0) is 52.8 Å². The summed E-state index contributed by atoms with van der Waals surface area (Å²) in [4.78, 5) is 12.6. The molecule has 5 heteroatoms. The van der Waals surface area contributed by atoms with Gasteiger partial charge in [0.05, 0.1) is 12.2 Å². The van der Waals surface area contributed by atoms with E-state index < -0.39 is 14.1 Å². The lowest BCUT2D eigenvalue weighted by atomic mass is 9.88. The zero-order chi connectivity index (χ0) is 18.9. The molecule has 0 radical (unpaired) electrons. The topological polar surface area (TPSA) is 44.8 Å². The van der Waals surface area contributed by atoms with Gasteiger partial charge in [0.25, 0.3) is 0 Å². The number of fused-ring (bicyclic) bond motifs is 1. The molecule has 1 aliphatic carbocycles. The van der Waals surface area contributed by atoms with E-state index in [0.29, 0.717) is 24.4 Å². The largest absolute Gasteiger partial charge is 0.463 e. The van der Waals surface area contributed by atoms with Crippen LogP contribution in [0.4, 0.5) is 0 Å². The molecule has 1 aliphatic heterocycles. The second-order valence-electron chi connectivity index (χ2n) is 8.32. The van der Waals surface area contributed by atoms with E-state index in [4.69, 9.17) is 13.9 Å².